The average molecular weight is 554 g/mol. The quantitative estimate of drug-likeness (QED) is 0.177. The molecule has 0 radical (unpaired) electrons. The van der Waals surface area contributed by atoms with Crippen molar-refractivity contribution in [3.8, 4) is 11.3 Å². The van der Waals surface area contributed by atoms with Gasteiger partial charge in [0.25, 0.3) is 0 Å². The van der Waals surface area contributed by atoms with Crippen molar-refractivity contribution in [2.75, 3.05) is 26.2 Å². The first kappa shape index (κ1) is 32.3. The fraction of sp³-hybridized carbons (Fsp3) is 0.429. The molecule has 2 aromatic carbocycles. The normalized spacial score (nSPS) is 10.5. The molecular formula is C28H38Cl2N2O5. The third-order valence-electron chi connectivity index (χ3n) is 6.04. The zero-order chi connectivity index (χ0) is 26.5. The van der Waals surface area contributed by atoms with E-state index in [0.29, 0.717) is 23.9 Å². The Labute approximate surface area is 230 Å². The molecule has 3 rings (SSSR count). The number of aromatic nitrogens is 1. The monoisotopic (exact) mass is 552 g/mol. The Hall–Kier alpha value is -2.74. The summed E-state index contributed by atoms with van der Waals surface area (Å²) in [7, 11) is 0. The van der Waals surface area contributed by atoms with Crippen molar-refractivity contribution in [3.05, 3.63) is 59.2 Å². The van der Waals surface area contributed by atoms with Crippen molar-refractivity contribution in [2.24, 2.45) is 0 Å². The fourth-order valence-electron chi connectivity index (χ4n) is 4.22. The molecule has 9 heteroatoms. The Morgan fingerprint density at radius 1 is 0.946 bits per heavy atom. The van der Waals surface area contributed by atoms with Gasteiger partial charge in [-0.25, -0.2) is 9.59 Å². The van der Waals surface area contributed by atoms with Gasteiger partial charge in [0.2, 0.25) is 0 Å². The van der Waals surface area contributed by atoms with Crippen molar-refractivity contribution >= 4 is 46.9 Å². The number of carbonyl (C=O) groups excluding carboxylic acids is 1. The Bertz CT molecular complexity index is 1110. The molecule has 7 nitrogen and oxygen atoms in total. The summed E-state index contributed by atoms with van der Waals surface area (Å²) in [5, 5.41) is 16.5. The summed E-state index contributed by atoms with van der Waals surface area (Å²) in [4.78, 5) is 24.3. The van der Waals surface area contributed by atoms with Crippen LogP contribution in [0.15, 0.2) is 48.5 Å². The second-order valence-corrected chi connectivity index (χ2v) is 8.85. The molecule has 3 aromatic rings. The van der Waals surface area contributed by atoms with Crippen LogP contribution in [0.25, 0.3) is 22.0 Å². The number of esters is 1. The van der Waals surface area contributed by atoms with Crippen molar-refractivity contribution in [1.82, 2.24) is 9.47 Å². The van der Waals surface area contributed by atoms with Crippen LogP contribution in [0.2, 0.25) is 5.02 Å². The first-order chi connectivity index (χ1) is 17.3. The predicted octanol–water partition coefficient (Wildman–Crippen LogP) is 7.68. The van der Waals surface area contributed by atoms with Crippen molar-refractivity contribution in [3.63, 3.8) is 0 Å². The largest absolute Gasteiger partial charge is 0.503 e. The highest BCUT2D eigenvalue weighted by Gasteiger charge is 2.24. The van der Waals surface area contributed by atoms with Gasteiger partial charge >= 0.3 is 12.1 Å². The first-order valence-corrected chi connectivity index (χ1v) is 12.9. The van der Waals surface area contributed by atoms with Gasteiger partial charge in [-0.1, -0.05) is 88.0 Å². The minimum absolute atomic E-state index is 0. The molecule has 0 aliphatic carbocycles. The molecule has 0 fully saturated rings. The zero-order valence-electron chi connectivity index (χ0n) is 21.8. The maximum absolute atomic E-state index is 13.3. The van der Waals surface area contributed by atoms with Gasteiger partial charge in [-0.05, 0) is 37.2 Å². The number of rotatable bonds is 12. The number of benzene rings is 2. The lowest BCUT2D eigenvalue weighted by Crippen LogP contribution is -2.28. The lowest BCUT2D eigenvalue weighted by Gasteiger charge is -2.21. The van der Waals surface area contributed by atoms with E-state index in [2.05, 4.69) is 42.4 Å². The van der Waals surface area contributed by atoms with Gasteiger partial charge in [-0.2, -0.15) is 0 Å². The number of ether oxygens (including phenoxy) is 1. The van der Waals surface area contributed by atoms with Gasteiger partial charge in [-0.3, -0.25) is 0 Å². The van der Waals surface area contributed by atoms with E-state index in [1.54, 1.807) is 0 Å². The Morgan fingerprint density at radius 3 is 2.19 bits per heavy atom. The lowest BCUT2D eigenvalue weighted by molar-refractivity contribution is 0.0487. The third-order valence-corrected chi connectivity index (χ3v) is 6.27. The van der Waals surface area contributed by atoms with Gasteiger partial charge in [-0.15, -0.1) is 12.4 Å². The fourth-order valence-corrected chi connectivity index (χ4v) is 4.39. The minimum Gasteiger partial charge on any atom is -0.461 e. The number of halogens is 2. The van der Waals surface area contributed by atoms with Crippen LogP contribution in [-0.2, 0) is 11.3 Å². The van der Waals surface area contributed by atoms with Crippen LogP contribution in [0, 0.1) is 0 Å². The summed E-state index contributed by atoms with van der Waals surface area (Å²) >= 11 is 6.39. The van der Waals surface area contributed by atoms with Crippen molar-refractivity contribution in [1.29, 1.82) is 0 Å². The molecule has 0 atom stereocenters. The van der Waals surface area contributed by atoms with Crippen molar-refractivity contribution < 1.29 is 24.5 Å². The Balaban J connectivity index is 0.00000127. The Morgan fingerprint density at radius 2 is 1.59 bits per heavy atom. The topological polar surface area (TPSA) is 92.0 Å². The van der Waals surface area contributed by atoms with E-state index in [4.69, 9.17) is 31.3 Å². The number of unbranched alkanes of at least 4 members (excludes halogenated alkanes) is 3. The maximum Gasteiger partial charge on any atom is 0.503 e. The van der Waals surface area contributed by atoms with Crippen LogP contribution >= 0.6 is 24.0 Å². The number of hydrogen-bond acceptors (Lipinski definition) is 4. The highest BCUT2D eigenvalue weighted by Crippen LogP contribution is 2.36. The molecule has 37 heavy (non-hydrogen) atoms. The number of nitrogens with zero attached hydrogens (tertiary/aromatic N) is 2. The Kier molecular flexibility index (Phi) is 14.7. The molecule has 0 unspecified atom stereocenters. The smallest absolute Gasteiger partial charge is 0.461 e. The maximum atomic E-state index is 13.3. The number of carboxylic acid groups (broad SMARTS) is 2. The molecule has 0 spiro atoms. The number of likely N-dealkylation sites (N-methyl/N-ethyl adjacent to an activating group) is 1. The average Bonchev–Trinajstić information content (AvgIpc) is 3.17. The molecule has 0 bridgehead atoms. The molecule has 0 saturated heterocycles. The molecule has 0 aliphatic heterocycles. The van der Waals surface area contributed by atoms with E-state index >= 15 is 0 Å². The zero-order valence-corrected chi connectivity index (χ0v) is 23.4. The molecule has 0 aliphatic rings. The molecular weight excluding hydrogens is 515 g/mol. The summed E-state index contributed by atoms with van der Waals surface area (Å²) in [6.07, 6.45) is 2.47. The van der Waals surface area contributed by atoms with Crippen LogP contribution in [-0.4, -0.2) is 58.0 Å². The summed E-state index contributed by atoms with van der Waals surface area (Å²) < 4.78 is 7.90. The van der Waals surface area contributed by atoms with Gasteiger partial charge in [0, 0.05) is 28.9 Å². The highest BCUT2D eigenvalue weighted by atomic mass is 35.5. The van der Waals surface area contributed by atoms with Gasteiger partial charge < -0.3 is 24.4 Å². The van der Waals surface area contributed by atoms with E-state index < -0.39 is 6.16 Å². The van der Waals surface area contributed by atoms with Gasteiger partial charge in [0.05, 0.1) is 12.3 Å². The van der Waals surface area contributed by atoms with E-state index in [0.717, 1.165) is 67.3 Å². The van der Waals surface area contributed by atoms with E-state index in [1.165, 1.54) is 0 Å². The van der Waals surface area contributed by atoms with Crippen LogP contribution < -0.4 is 0 Å². The van der Waals surface area contributed by atoms with E-state index in [-0.39, 0.29) is 18.4 Å². The second-order valence-electron chi connectivity index (χ2n) is 8.41. The third kappa shape index (κ3) is 9.58. The highest BCUT2D eigenvalue weighted by molar-refractivity contribution is 6.31. The summed E-state index contributed by atoms with van der Waals surface area (Å²) in [6.45, 7) is 10.5. The first-order valence-electron chi connectivity index (χ1n) is 12.5. The molecule has 1 aromatic heterocycles. The van der Waals surface area contributed by atoms with Crippen molar-refractivity contribution in [2.45, 2.75) is 53.0 Å². The van der Waals surface area contributed by atoms with Crippen LogP contribution in [0.1, 0.15) is 56.9 Å². The summed E-state index contributed by atoms with van der Waals surface area (Å²) in [5.74, 6) is -0.254. The molecule has 1 heterocycles. The van der Waals surface area contributed by atoms with Crippen LogP contribution in [0.4, 0.5) is 4.79 Å². The SMILES string of the molecule is CCCCCCOC(=O)c1c2ccc(Cl)cc2c(-c2ccccc2)n1CCN(CC)CC.Cl.O=C(O)O. The lowest BCUT2D eigenvalue weighted by atomic mass is 10.1. The predicted molar refractivity (Wildman–Crippen MR) is 152 cm³/mol. The molecule has 0 amide bonds. The summed E-state index contributed by atoms with van der Waals surface area (Å²) in [6, 6.07) is 16.0. The number of fused-ring (bicyclic) bond motifs is 1. The van der Waals surface area contributed by atoms with Gasteiger partial charge in [0.15, 0.2) is 0 Å². The number of hydrogen-bond donors (Lipinski definition) is 2. The minimum atomic E-state index is -1.83. The molecule has 204 valence electrons. The van der Waals surface area contributed by atoms with Crippen LogP contribution in [0.5, 0.6) is 0 Å². The van der Waals surface area contributed by atoms with E-state index in [9.17, 15) is 4.79 Å². The summed E-state index contributed by atoms with van der Waals surface area (Å²) in [5.41, 5.74) is 2.72. The van der Waals surface area contributed by atoms with Gasteiger partial charge in [0.1, 0.15) is 5.69 Å². The molecule has 2 N–H and O–H groups in total. The molecule has 0 saturated carbocycles. The standard InChI is InChI=1S/C27H35ClN2O2.CH2O3.ClH/c1-4-7-8-12-19-32-27(31)26-23-16-15-22(28)20-24(23)25(21-13-10-9-11-14-21)30(26)18-17-29(5-2)6-3;2-1(3)4;/h9-11,13-16,20H,4-8,12,17-19H2,1-3H3;(H2,2,3,4);1H. The van der Waals surface area contributed by atoms with E-state index in [1.807, 2.05) is 36.4 Å². The van der Waals surface area contributed by atoms with Crippen LogP contribution in [0.3, 0.4) is 0 Å². The second kappa shape index (κ2) is 16.9. The number of carbonyl (C=O) groups is 2.